The van der Waals surface area contributed by atoms with E-state index in [9.17, 15) is 13.2 Å². The minimum absolute atomic E-state index is 0.160. The molecular weight excluding hydrogens is 392 g/mol. The van der Waals surface area contributed by atoms with Crippen LogP contribution in [0.1, 0.15) is 12.8 Å². The molecule has 4 rings (SSSR count). The van der Waals surface area contributed by atoms with Crippen molar-refractivity contribution < 1.29 is 13.2 Å². The molecule has 10 heteroatoms. The Morgan fingerprint density at radius 2 is 1.97 bits per heavy atom. The summed E-state index contributed by atoms with van der Waals surface area (Å²) in [5.41, 5.74) is 0.543. The Bertz CT molecular complexity index is 1070. The first-order valence-electron chi connectivity index (χ1n) is 9.21. The second-order valence-electron chi connectivity index (χ2n) is 6.75. The summed E-state index contributed by atoms with van der Waals surface area (Å²) in [6.07, 6.45) is 5.75. The molecule has 1 saturated heterocycles. The molecule has 0 unspecified atom stereocenters. The van der Waals surface area contributed by atoms with Gasteiger partial charge in [-0.3, -0.25) is 4.79 Å². The molecule has 3 heterocycles. The molecule has 150 valence electrons. The maximum absolute atomic E-state index is 12.8. The molecule has 1 atom stereocenters. The Balaban J connectivity index is 1.42. The molecule has 0 radical (unpaired) electrons. The number of anilines is 1. The van der Waals surface area contributed by atoms with Gasteiger partial charge in [0, 0.05) is 13.1 Å². The van der Waals surface area contributed by atoms with Gasteiger partial charge in [-0.1, -0.05) is 18.2 Å². The van der Waals surface area contributed by atoms with Gasteiger partial charge in [0.15, 0.2) is 5.82 Å². The predicted molar refractivity (Wildman–Crippen MR) is 106 cm³/mol. The average Bonchev–Trinajstić information content (AvgIpc) is 3.30. The largest absolute Gasteiger partial charge is 0.324 e. The zero-order chi connectivity index (χ0) is 20.3. The van der Waals surface area contributed by atoms with Gasteiger partial charge in [0.05, 0.1) is 22.7 Å². The van der Waals surface area contributed by atoms with Crippen LogP contribution in [0.25, 0.3) is 5.82 Å². The second-order valence-corrected chi connectivity index (χ2v) is 8.69. The third-order valence-electron chi connectivity index (χ3n) is 4.80. The quantitative estimate of drug-likeness (QED) is 0.683. The van der Waals surface area contributed by atoms with E-state index in [-0.39, 0.29) is 17.3 Å². The SMILES string of the molecule is O=C(Nc1ccc(-n2cncn2)nc1)[C@H]1CCCN(S(=O)(=O)c2ccccc2)C1. The number of sulfonamides is 1. The first kappa shape index (κ1) is 19.2. The van der Waals surface area contributed by atoms with Crippen LogP contribution in [-0.2, 0) is 14.8 Å². The number of nitrogens with one attached hydrogen (secondary N) is 1. The first-order valence-corrected chi connectivity index (χ1v) is 10.7. The summed E-state index contributed by atoms with van der Waals surface area (Å²) >= 11 is 0. The number of pyridine rings is 1. The molecule has 1 aromatic carbocycles. The van der Waals surface area contributed by atoms with Crippen LogP contribution in [0, 0.1) is 5.92 Å². The molecule has 29 heavy (non-hydrogen) atoms. The highest BCUT2D eigenvalue weighted by Gasteiger charge is 2.33. The van der Waals surface area contributed by atoms with E-state index >= 15 is 0 Å². The molecule has 9 nitrogen and oxygen atoms in total. The zero-order valence-corrected chi connectivity index (χ0v) is 16.4. The molecule has 0 saturated carbocycles. The van der Waals surface area contributed by atoms with Gasteiger partial charge >= 0.3 is 0 Å². The summed E-state index contributed by atoms with van der Waals surface area (Å²) in [6, 6.07) is 11.7. The molecule has 0 bridgehead atoms. The topological polar surface area (TPSA) is 110 Å². The lowest BCUT2D eigenvalue weighted by atomic mass is 9.99. The molecule has 1 amide bonds. The van der Waals surface area contributed by atoms with Crippen molar-refractivity contribution in [3.63, 3.8) is 0 Å². The standard InChI is InChI=1S/C19H20N6O3S/c26-19(23-16-8-9-18(21-11-16)25-14-20-13-22-25)15-5-4-10-24(12-15)29(27,28)17-6-2-1-3-7-17/h1-3,6-9,11,13-15H,4-5,10,12H2,(H,23,26)/t15-/m0/s1. The predicted octanol–water partition coefficient (Wildman–Crippen LogP) is 1.70. The highest BCUT2D eigenvalue weighted by molar-refractivity contribution is 7.89. The molecular formula is C19H20N6O3S. The number of carbonyl (C=O) groups excluding carboxylic acids is 1. The van der Waals surface area contributed by atoms with Gasteiger partial charge in [0.25, 0.3) is 0 Å². The van der Waals surface area contributed by atoms with Crippen LogP contribution in [0.3, 0.4) is 0 Å². The normalized spacial score (nSPS) is 17.7. The number of benzene rings is 1. The molecule has 1 aliphatic rings. The van der Waals surface area contributed by atoms with E-state index < -0.39 is 15.9 Å². The van der Waals surface area contributed by atoms with Crippen molar-refractivity contribution in [1.82, 2.24) is 24.1 Å². The third-order valence-corrected chi connectivity index (χ3v) is 6.68. The Morgan fingerprint density at radius 1 is 1.14 bits per heavy atom. The van der Waals surface area contributed by atoms with Gasteiger partial charge in [-0.2, -0.15) is 9.40 Å². The average molecular weight is 412 g/mol. The minimum Gasteiger partial charge on any atom is -0.324 e. The third kappa shape index (κ3) is 4.17. The summed E-state index contributed by atoms with van der Waals surface area (Å²) in [5.74, 6) is -0.0520. The Kier molecular flexibility index (Phi) is 5.36. The maximum atomic E-state index is 12.8. The van der Waals surface area contributed by atoms with Gasteiger partial charge < -0.3 is 5.32 Å². The minimum atomic E-state index is -3.61. The van der Waals surface area contributed by atoms with E-state index in [1.54, 1.807) is 42.5 Å². The summed E-state index contributed by atoms with van der Waals surface area (Å²) in [4.78, 5) is 21.1. The number of amides is 1. The fourth-order valence-electron chi connectivity index (χ4n) is 3.28. The Labute approximate surface area is 168 Å². The van der Waals surface area contributed by atoms with Crippen LogP contribution in [-0.4, -0.2) is 51.5 Å². The molecule has 1 fully saturated rings. The lowest BCUT2D eigenvalue weighted by Crippen LogP contribution is -2.43. The molecule has 1 N–H and O–H groups in total. The number of piperidine rings is 1. The smallest absolute Gasteiger partial charge is 0.243 e. The van der Waals surface area contributed by atoms with Crippen molar-refractivity contribution in [2.24, 2.45) is 5.92 Å². The Hall–Kier alpha value is -3.11. The van der Waals surface area contributed by atoms with E-state index in [0.29, 0.717) is 30.9 Å². The van der Waals surface area contributed by atoms with Crippen LogP contribution in [0.4, 0.5) is 5.69 Å². The van der Waals surface area contributed by atoms with E-state index in [2.05, 4.69) is 20.4 Å². The fourth-order valence-corrected chi connectivity index (χ4v) is 4.83. The monoisotopic (exact) mass is 412 g/mol. The summed E-state index contributed by atoms with van der Waals surface area (Å²) < 4.78 is 28.6. The number of carbonyl (C=O) groups is 1. The Morgan fingerprint density at radius 3 is 2.66 bits per heavy atom. The van der Waals surface area contributed by atoms with E-state index in [0.717, 1.165) is 0 Å². The lowest BCUT2D eigenvalue weighted by molar-refractivity contribution is -0.120. The van der Waals surface area contributed by atoms with Crippen molar-refractivity contribution >= 4 is 21.6 Å². The molecule has 0 aliphatic carbocycles. The summed E-state index contributed by atoms with van der Waals surface area (Å²) in [7, 11) is -3.61. The van der Waals surface area contributed by atoms with Gasteiger partial charge in [-0.25, -0.2) is 23.1 Å². The van der Waals surface area contributed by atoms with Crippen molar-refractivity contribution in [1.29, 1.82) is 0 Å². The van der Waals surface area contributed by atoms with Crippen molar-refractivity contribution in [3.8, 4) is 5.82 Å². The number of rotatable bonds is 5. The lowest BCUT2D eigenvalue weighted by Gasteiger charge is -2.31. The maximum Gasteiger partial charge on any atom is 0.243 e. The van der Waals surface area contributed by atoms with Crippen LogP contribution < -0.4 is 5.32 Å². The molecule has 0 spiro atoms. The van der Waals surface area contributed by atoms with Crippen molar-refractivity contribution in [3.05, 3.63) is 61.3 Å². The van der Waals surface area contributed by atoms with E-state index in [4.69, 9.17) is 0 Å². The van der Waals surface area contributed by atoms with Crippen LogP contribution in [0.15, 0.2) is 66.2 Å². The zero-order valence-electron chi connectivity index (χ0n) is 15.5. The highest BCUT2D eigenvalue weighted by Crippen LogP contribution is 2.24. The first-order chi connectivity index (χ1) is 14.0. The van der Waals surface area contributed by atoms with Gasteiger partial charge in [-0.05, 0) is 37.1 Å². The van der Waals surface area contributed by atoms with Crippen molar-refractivity contribution in [2.75, 3.05) is 18.4 Å². The van der Waals surface area contributed by atoms with Crippen LogP contribution in [0.2, 0.25) is 0 Å². The van der Waals surface area contributed by atoms with E-state index in [1.165, 1.54) is 27.8 Å². The van der Waals surface area contributed by atoms with Gasteiger partial charge in [-0.15, -0.1) is 0 Å². The molecule has 3 aromatic rings. The van der Waals surface area contributed by atoms with Crippen molar-refractivity contribution in [2.45, 2.75) is 17.7 Å². The number of aromatic nitrogens is 4. The second kappa shape index (κ2) is 8.10. The summed E-state index contributed by atoms with van der Waals surface area (Å²) in [5, 5.41) is 6.83. The number of nitrogens with zero attached hydrogens (tertiary/aromatic N) is 5. The van der Waals surface area contributed by atoms with Crippen LogP contribution >= 0.6 is 0 Å². The molecule has 1 aliphatic heterocycles. The van der Waals surface area contributed by atoms with E-state index in [1.807, 2.05) is 0 Å². The van der Waals surface area contributed by atoms with Gasteiger partial charge in [0.2, 0.25) is 15.9 Å². The number of hydrogen-bond acceptors (Lipinski definition) is 6. The fraction of sp³-hybridized carbons (Fsp3) is 0.263. The van der Waals surface area contributed by atoms with Crippen LogP contribution in [0.5, 0.6) is 0 Å². The summed E-state index contributed by atoms with van der Waals surface area (Å²) in [6.45, 7) is 0.572. The number of hydrogen-bond donors (Lipinski definition) is 1. The molecule has 2 aromatic heterocycles. The highest BCUT2D eigenvalue weighted by atomic mass is 32.2. The van der Waals surface area contributed by atoms with Gasteiger partial charge in [0.1, 0.15) is 12.7 Å².